The number of piperidine rings is 1. The predicted molar refractivity (Wildman–Crippen MR) is 84.7 cm³/mol. The third-order valence-corrected chi connectivity index (χ3v) is 3.30. The topological polar surface area (TPSA) is 69.0 Å². The van der Waals surface area contributed by atoms with E-state index in [1.165, 1.54) is 12.3 Å². The number of carbonyl (C=O) groups excluding carboxylic acids is 2. The molecule has 6 heteroatoms. The minimum Gasteiger partial charge on any atom is -0.465 e. The predicted octanol–water partition coefficient (Wildman–Crippen LogP) is 3.24. The quantitative estimate of drug-likeness (QED) is 0.631. The van der Waals surface area contributed by atoms with E-state index in [0.717, 1.165) is 0 Å². The summed E-state index contributed by atoms with van der Waals surface area (Å²) in [6.45, 7) is 6.56. The highest BCUT2D eigenvalue weighted by molar-refractivity contribution is 5.86. The third-order valence-electron chi connectivity index (χ3n) is 3.30. The maximum atomic E-state index is 12.0. The van der Waals surface area contributed by atoms with Crippen LogP contribution in [0.5, 0.6) is 0 Å². The Morgan fingerprint density at radius 2 is 2.00 bits per heavy atom. The lowest BCUT2D eigenvalue weighted by Crippen LogP contribution is -2.43. The van der Waals surface area contributed by atoms with Crippen LogP contribution in [0.25, 0.3) is 6.08 Å². The number of nitrogens with zero attached hydrogens (tertiary/aromatic N) is 1. The summed E-state index contributed by atoms with van der Waals surface area (Å²) in [4.78, 5) is 25.4. The second-order valence-corrected chi connectivity index (χ2v) is 6.45. The van der Waals surface area contributed by atoms with Crippen LogP contribution in [0.15, 0.2) is 28.9 Å². The number of furan rings is 1. The zero-order chi connectivity index (χ0) is 16.9. The number of likely N-dealkylation sites (tertiary alicyclic amines) is 1. The molecule has 0 aliphatic carbocycles. The summed E-state index contributed by atoms with van der Waals surface area (Å²) in [5.41, 5.74) is -0.503. The van der Waals surface area contributed by atoms with E-state index in [-0.39, 0.29) is 12.2 Å². The molecule has 23 heavy (non-hydrogen) atoms. The van der Waals surface area contributed by atoms with Gasteiger partial charge in [-0.2, -0.15) is 0 Å². The summed E-state index contributed by atoms with van der Waals surface area (Å²) >= 11 is 0. The van der Waals surface area contributed by atoms with Crippen LogP contribution in [0.4, 0.5) is 4.79 Å². The van der Waals surface area contributed by atoms with E-state index in [9.17, 15) is 9.59 Å². The standard InChI is InChI=1S/C17H23NO5/c1-17(2,3)23-16(20)18-10-8-14(9-11-18)22-15(19)7-6-13-5-4-12-21-13/h4-7,12,14H,8-11H2,1-3H3/b7-6+. The van der Waals surface area contributed by atoms with Crippen molar-refractivity contribution in [1.82, 2.24) is 4.90 Å². The highest BCUT2D eigenvalue weighted by Gasteiger charge is 2.28. The molecule has 126 valence electrons. The number of ether oxygens (including phenoxy) is 2. The second kappa shape index (κ2) is 7.35. The second-order valence-electron chi connectivity index (χ2n) is 6.45. The highest BCUT2D eigenvalue weighted by atomic mass is 16.6. The fraction of sp³-hybridized carbons (Fsp3) is 0.529. The monoisotopic (exact) mass is 321 g/mol. The van der Waals surface area contributed by atoms with Gasteiger partial charge in [-0.05, 0) is 39.0 Å². The molecular formula is C17H23NO5. The molecule has 1 aromatic heterocycles. The minimum atomic E-state index is -0.503. The number of amides is 1. The van der Waals surface area contributed by atoms with Crippen LogP contribution in [-0.2, 0) is 14.3 Å². The molecule has 0 N–H and O–H groups in total. The minimum absolute atomic E-state index is 0.178. The van der Waals surface area contributed by atoms with E-state index in [1.807, 2.05) is 20.8 Å². The van der Waals surface area contributed by atoms with E-state index in [1.54, 1.807) is 23.1 Å². The van der Waals surface area contributed by atoms with Crippen molar-refractivity contribution in [3.63, 3.8) is 0 Å². The number of esters is 1. The molecular weight excluding hydrogens is 298 g/mol. The summed E-state index contributed by atoms with van der Waals surface area (Å²) in [5.74, 6) is 0.193. The molecule has 1 saturated heterocycles. The van der Waals surface area contributed by atoms with Crippen LogP contribution in [0.2, 0.25) is 0 Å². The number of rotatable bonds is 3. The molecule has 1 aliphatic heterocycles. The fourth-order valence-electron chi connectivity index (χ4n) is 2.22. The van der Waals surface area contributed by atoms with Gasteiger partial charge in [-0.3, -0.25) is 0 Å². The van der Waals surface area contributed by atoms with Crippen molar-refractivity contribution in [3.8, 4) is 0 Å². The molecule has 6 nitrogen and oxygen atoms in total. The van der Waals surface area contributed by atoms with Gasteiger partial charge in [-0.25, -0.2) is 9.59 Å². The molecule has 0 bridgehead atoms. The summed E-state index contributed by atoms with van der Waals surface area (Å²) < 4.78 is 15.8. The normalized spacial score (nSPS) is 16.6. The highest BCUT2D eigenvalue weighted by Crippen LogP contribution is 2.17. The number of hydrogen-bond acceptors (Lipinski definition) is 5. The van der Waals surface area contributed by atoms with Crippen molar-refractivity contribution in [1.29, 1.82) is 0 Å². The molecule has 1 amide bonds. The molecule has 0 radical (unpaired) electrons. The van der Waals surface area contributed by atoms with Gasteiger partial charge in [0.2, 0.25) is 0 Å². The maximum absolute atomic E-state index is 12.0. The summed E-state index contributed by atoms with van der Waals surface area (Å²) in [6, 6.07) is 3.50. The van der Waals surface area contributed by atoms with Crippen molar-refractivity contribution in [2.45, 2.75) is 45.3 Å². The third kappa shape index (κ3) is 5.81. The first-order chi connectivity index (χ1) is 10.8. The number of hydrogen-bond donors (Lipinski definition) is 0. The average Bonchev–Trinajstić information content (AvgIpc) is 2.97. The van der Waals surface area contributed by atoms with Crippen LogP contribution < -0.4 is 0 Å². The summed E-state index contributed by atoms with van der Waals surface area (Å²) in [5, 5.41) is 0. The van der Waals surface area contributed by atoms with Crippen molar-refractivity contribution in [3.05, 3.63) is 30.2 Å². The van der Waals surface area contributed by atoms with Crippen molar-refractivity contribution in [2.24, 2.45) is 0 Å². The largest absolute Gasteiger partial charge is 0.465 e. The van der Waals surface area contributed by atoms with Crippen LogP contribution >= 0.6 is 0 Å². The van der Waals surface area contributed by atoms with Crippen LogP contribution in [0, 0.1) is 0 Å². The smallest absolute Gasteiger partial charge is 0.410 e. The van der Waals surface area contributed by atoms with Crippen molar-refractivity contribution in [2.75, 3.05) is 13.1 Å². The Labute approximate surface area is 136 Å². The molecule has 0 aromatic carbocycles. The Bertz CT molecular complexity index is 548. The van der Waals surface area contributed by atoms with E-state index in [2.05, 4.69) is 0 Å². The molecule has 1 fully saturated rings. The Morgan fingerprint density at radius 1 is 1.30 bits per heavy atom. The summed E-state index contributed by atoms with van der Waals surface area (Å²) in [6.07, 6.45) is 5.18. The first kappa shape index (κ1) is 17.1. The van der Waals surface area contributed by atoms with Gasteiger partial charge in [0.05, 0.1) is 6.26 Å². The number of carbonyl (C=O) groups is 2. The molecule has 0 unspecified atom stereocenters. The zero-order valence-corrected chi connectivity index (χ0v) is 13.8. The summed E-state index contributed by atoms with van der Waals surface area (Å²) in [7, 11) is 0. The molecule has 2 heterocycles. The van der Waals surface area contributed by atoms with Gasteiger partial charge in [-0.1, -0.05) is 0 Å². The Morgan fingerprint density at radius 3 is 2.57 bits per heavy atom. The van der Waals surface area contributed by atoms with E-state index in [4.69, 9.17) is 13.9 Å². The Kier molecular flexibility index (Phi) is 5.47. The fourth-order valence-corrected chi connectivity index (χ4v) is 2.22. The van der Waals surface area contributed by atoms with Crippen LogP contribution in [-0.4, -0.2) is 41.8 Å². The van der Waals surface area contributed by atoms with E-state index < -0.39 is 11.6 Å². The molecule has 1 aliphatic rings. The Balaban J connectivity index is 1.74. The van der Waals surface area contributed by atoms with Crippen molar-refractivity contribution >= 4 is 18.1 Å². The molecule has 0 saturated carbocycles. The van der Waals surface area contributed by atoms with Crippen LogP contribution in [0.3, 0.4) is 0 Å². The van der Waals surface area contributed by atoms with Gasteiger partial charge in [0, 0.05) is 32.0 Å². The lowest BCUT2D eigenvalue weighted by molar-refractivity contribution is -0.144. The maximum Gasteiger partial charge on any atom is 0.410 e. The zero-order valence-electron chi connectivity index (χ0n) is 13.8. The van der Waals surface area contributed by atoms with Gasteiger partial charge < -0.3 is 18.8 Å². The average molecular weight is 321 g/mol. The molecule has 2 rings (SSSR count). The lowest BCUT2D eigenvalue weighted by atomic mass is 10.1. The van der Waals surface area contributed by atoms with Gasteiger partial charge >= 0.3 is 12.1 Å². The van der Waals surface area contributed by atoms with E-state index >= 15 is 0 Å². The first-order valence-electron chi connectivity index (χ1n) is 7.73. The molecule has 1 aromatic rings. The Hall–Kier alpha value is -2.24. The molecule has 0 spiro atoms. The van der Waals surface area contributed by atoms with Gasteiger partial charge in [0.1, 0.15) is 17.5 Å². The van der Waals surface area contributed by atoms with Crippen molar-refractivity contribution < 1.29 is 23.5 Å². The lowest BCUT2D eigenvalue weighted by Gasteiger charge is -2.33. The van der Waals surface area contributed by atoms with Gasteiger partial charge in [0.25, 0.3) is 0 Å². The van der Waals surface area contributed by atoms with E-state index in [0.29, 0.717) is 31.7 Å². The SMILES string of the molecule is CC(C)(C)OC(=O)N1CCC(OC(=O)/C=C/c2ccco2)CC1. The van der Waals surface area contributed by atoms with Gasteiger partial charge in [-0.15, -0.1) is 0 Å². The van der Waals surface area contributed by atoms with Crippen LogP contribution in [0.1, 0.15) is 39.4 Å². The first-order valence-corrected chi connectivity index (χ1v) is 7.73. The molecule has 0 atom stereocenters. The van der Waals surface area contributed by atoms with Gasteiger partial charge in [0.15, 0.2) is 0 Å².